The molecular weight excluding hydrogens is 201 g/mol. The van der Waals surface area contributed by atoms with E-state index in [0.29, 0.717) is 5.92 Å². The van der Waals surface area contributed by atoms with Gasteiger partial charge in [0.25, 0.3) is 0 Å². The van der Waals surface area contributed by atoms with E-state index < -0.39 is 0 Å². The fourth-order valence-electron chi connectivity index (χ4n) is 1.46. The number of rotatable bonds is 5. The molecule has 16 heavy (non-hydrogen) atoms. The lowest BCUT2D eigenvalue weighted by Gasteiger charge is -2.12. The molecule has 0 aliphatic heterocycles. The molecule has 0 unspecified atom stereocenters. The topological polar surface area (TPSA) is 12.0 Å². The third kappa shape index (κ3) is 4.30. The van der Waals surface area contributed by atoms with E-state index >= 15 is 0 Å². The first kappa shape index (κ1) is 12.5. The van der Waals surface area contributed by atoms with Crippen LogP contribution in [0.1, 0.15) is 20.3 Å². The van der Waals surface area contributed by atoms with Crippen molar-refractivity contribution in [3.63, 3.8) is 0 Å². The van der Waals surface area contributed by atoms with Gasteiger partial charge in [0.2, 0.25) is 0 Å². The lowest BCUT2D eigenvalue weighted by Crippen LogP contribution is -2.02. The Hall–Kier alpha value is -1.57. The summed E-state index contributed by atoms with van der Waals surface area (Å²) in [6.07, 6.45) is 4.65. The van der Waals surface area contributed by atoms with Crippen molar-refractivity contribution in [3.8, 4) is 0 Å². The van der Waals surface area contributed by atoms with E-state index in [4.69, 9.17) is 0 Å². The maximum Gasteiger partial charge on any atom is 0.123 e. The van der Waals surface area contributed by atoms with E-state index in [1.807, 2.05) is 6.08 Å². The standard InChI is InChI=1S/C14H18FN/c1-4-5-14(10-11(2)3)16-13-8-6-12(15)7-9-13/h4-9,11,16H,1,10H2,2-3H3/b14-5+. The fourth-order valence-corrected chi connectivity index (χ4v) is 1.46. The van der Waals surface area contributed by atoms with Gasteiger partial charge in [-0.25, -0.2) is 4.39 Å². The molecule has 0 aliphatic rings. The van der Waals surface area contributed by atoms with Gasteiger partial charge >= 0.3 is 0 Å². The zero-order chi connectivity index (χ0) is 12.0. The average Bonchev–Trinajstić information content (AvgIpc) is 2.21. The highest BCUT2D eigenvalue weighted by atomic mass is 19.1. The molecule has 1 rings (SSSR count). The first-order valence-corrected chi connectivity index (χ1v) is 5.46. The largest absolute Gasteiger partial charge is 0.359 e. The maximum atomic E-state index is 12.7. The molecule has 0 aliphatic carbocycles. The van der Waals surface area contributed by atoms with Crippen LogP contribution >= 0.6 is 0 Å². The SMILES string of the molecule is C=C/C=C(\CC(C)C)Nc1ccc(F)cc1. The number of nitrogens with one attached hydrogen (secondary N) is 1. The zero-order valence-electron chi connectivity index (χ0n) is 9.83. The van der Waals surface area contributed by atoms with Gasteiger partial charge in [0.1, 0.15) is 5.82 Å². The molecule has 0 heterocycles. The van der Waals surface area contributed by atoms with Crippen molar-refractivity contribution in [2.75, 3.05) is 5.32 Å². The van der Waals surface area contributed by atoms with Crippen molar-refractivity contribution in [1.82, 2.24) is 0 Å². The van der Waals surface area contributed by atoms with Crippen molar-refractivity contribution in [1.29, 1.82) is 0 Å². The zero-order valence-corrected chi connectivity index (χ0v) is 9.83. The van der Waals surface area contributed by atoms with Crippen LogP contribution in [0.4, 0.5) is 10.1 Å². The first-order valence-electron chi connectivity index (χ1n) is 5.46. The minimum Gasteiger partial charge on any atom is -0.359 e. The van der Waals surface area contributed by atoms with Crippen LogP contribution in [0.5, 0.6) is 0 Å². The van der Waals surface area contributed by atoms with Gasteiger partial charge < -0.3 is 5.32 Å². The summed E-state index contributed by atoms with van der Waals surface area (Å²) in [6.45, 7) is 8.00. The predicted molar refractivity (Wildman–Crippen MR) is 67.8 cm³/mol. The second-order valence-electron chi connectivity index (χ2n) is 4.16. The van der Waals surface area contributed by atoms with Crippen molar-refractivity contribution < 1.29 is 4.39 Å². The van der Waals surface area contributed by atoms with Crippen LogP contribution < -0.4 is 5.32 Å². The van der Waals surface area contributed by atoms with E-state index in [-0.39, 0.29) is 5.82 Å². The number of benzene rings is 1. The summed E-state index contributed by atoms with van der Waals surface area (Å²) in [6, 6.07) is 6.35. The highest BCUT2D eigenvalue weighted by Crippen LogP contribution is 2.16. The van der Waals surface area contributed by atoms with Crippen LogP contribution in [0.3, 0.4) is 0 Å². The van der Waals surface area contributed by atoms with Crippen molar-refractivity contribution in [3.05, 3.63) is 54.5 Å². The minimum absolute atomic E-state index is 0.219. The lowest BCUT2D eigenvalue weighted by molar-refractivity contribution is 0.627. The van der Waals surface area contributed by atoms with Gasteiger partial charge in [-0.05, 0) is 42.7 Å². The fraction of sp³-hybridized carbons (Fsp3) is 0.286. The number of anilines is 1. The summed E-state index contributed by atoms with van der Waals surface area (Å²) < 4.78 is 12.7. The van der Waals surface area contributed by atoms with Crippen LogP contribution in [0.15, 0.2) is 48.7 Å². The highest BCUT2D eigenvalue weighted by molar-refractivity contribution is 5.48. The average molecular weight is 219 g/mol. The molecule has 2 heteroatoms. The lowest BCUT2D eigenvalue weighted by atomic mass is 10.1. The third-order valence-corrected chi connectivity index (χ3v) is 2.10. The number of hydrogen-bond acceptors (Lipinski definition) is 1. The van der Waals surface area contributed by atoms with Crippen molar-refractivity contribution in [2.24, 2.45) is 5.92 Å². The molecule has 1 N–H and O–H groups in total. The summed E-state index contributed by atoms with van der Waals surface area (Å²) in [5, 5.41) is 3.26. The quantitative estimate of drug-likeness (QED) is 0.726. The monoisotopic (exact) mass is 219 g/mol. The molecule has 0 amide bonds. The highest BCUT2D eigenvalue weighted by Gasteiger charge is 2.01. The van der Waals surface area contributed by atoms with Crippen LogP contribution in [0, 0.1) is 11.7 Å². The Morgan fingerprint density at radius 2 is 2.00 bits per heavy atom. The molecule has 0 fully saturated rings. The summed E-state index contributed by atoms with van der Waals surface area (Å²) in [7, 11) is 0. The molecule has 0 saturated heterocycles. The van der Waals surface area contributed by atoms with E-state index in [1.165, 1.54) is 12.1 Å². The molecule has 0 atom stereocenters. The smallest absolute Gasteiger partial charge is 0.123 e. The summed E-state index contributed by atoms with van der Waals surface area (Å²) in [5.41, 5.74) is 1.99. The second kappa shape index (κ2) is 6.11. The molecule has 1 aromatic carbocycles. The van der Waals surface area contributed by atoms with Crippen LogP contribution in [-0.4, -0.2) is 0 Å². The Kier molecular flexibility index (Phi) is 4.77. The molecule has 0 radical (unpaired) electrons. The maximum absolute atomic E-state index is 12.7. The van der Waals surface area contributed by atoms with Crippen LogP contribution in [0.2, 0.25) is 0 Å². The van der Waals surface area contributed by atoms with E-state index in [0.717, 1.165) is 17.8 Å². The molecule has 86 valence electrons. The van der Waals surface area contributed by atoms with Gasteiger partial charge in [-0.2, -0.15) is 0 Å². The molecule has 1 aromatic rings. The molecule has 1 nitrogen and oxygen atoms in total. The van der Waals surface area contributed by atoms with Crippen molar-refractivity contribution >= 4 is 5.69 Å². The molecule has 0 spiro atoms. The number of hydrogen-bond donors (Lipinski definition) is 1. The van der Waals surface area contributed by atoms with E-state index in [2.05, 4.69) is 25.7 Å². The van der Waals surface area contributed by atoms with E-state index in [1.54, 1.807) is 18.2 Å². The van der Waals surface area contributed by atoms with Gasteiger partial charge in [0.05, 0.1) is 0 Å². The Labute approximate surface area is 96.7 Å². The Morgan fingerprint density at radius 3 is 2.50 bits per heavy atom. The number of allylic oxidation sites excluding steroid dienone is 3. The predicted octanol–water partition coefficient (Wildman–Crippen LogP) is 4.35. The second-order valence-corrected chi connectivity index (χ2v) is 4.16. The normalized spacial score (nSPS) is 11.6. The van der Waals surface area contributed by atoms with Crippen LogP contribution in [0.25, 0.3) is 0 Å². The molecule has 0 saturated carbocycles. The molecular formula is C14H18FN. The minimum atomic E-state index is -0.219. The number of halogens is 1. The van der Waals surface area contributed by atoms with Gasteiger partial charge in [-0.3, -0.25) is 0 Å². The Morgan fingerprint density at radius 1 is 1.38 bits per heavy atom. The third-order valence-electron chi connectivity index (χ3n) is 2.10. The summed E-state index contributed by atoms with van der Waals surface area (Å²) in [5.74, 6) is 0.350. The van der Waals surface area contributed by atoms with Gasteiger partial charge in [-0.15, -0.1) is 0 Å². The van der Waals surface area contributed by atoms with Gasteiger partial charge in [-0.1, -0.05) is 26.5 Å². The van der Waals surface area contributed by atoms with E-state index in [9.17, 15) is 4.39 Å². The van der Waals surface area contributed by atoms with Gasteiger partial charge in [0, 0.05) is 11.4 Å². The first-order chi connectivity index (χ1) is 7.61. The van der Waals surface area contributed by atoms with Gasteiger partial charge in [0.15, 0.2) is 0 Å². The summed E-state index contributed by atoms with van der Waals surface area (Å²) >= 11 is 0. The summed E-state index contributed by atoms with van der Waals surface area (Å²) in [4.78, 5) is 0. The Balaban J connectivity index is 2.72. The Bertz CT molecular complexity index is 363. The molecule has 0 bridgehead atoms. The van der Waals surface area contributed by atoms with Crippen molar-refractivity contribution in [2.45, 2.75) is 20.3 Å². The van der Waals surface area contributed by atoms with Crippen LogP contribution in [-0.2, 0) is 0 Å². The molecule has 0 aromatic heterocycles.